The van der Waals surface area contributed by atoms with E-state index in [1.54, 1.807) is 12.5 Å². The molecule has 0 aliphatic heterocycles. The molecule has 2 N–H and O–H groups in total. The molecule has 0 radical (unpaired) electrons. The molecule has 112 valence electrons. The van der Waals surface area contributed by atoms with Crippen LogP contribution in [0, 0.1) is 0 Å². The number of nitrogens with one attached hydrogen (secondary N) is 2. The van der Waals surface area contributed by atoms with Gasteiger partial charge in [0.1, 0.15) is 11.5 Å². The van der Waals surface area contributed by atoms with Gasteiger partial charge >= 0.3 is 0 Å². The van der Waals surface area contributed by atoms with Crippen molar-refractivity contribution in [2.45, 2.75) is 31.9 Å². The first kappa shape index (κ1) is 16.6. The standard InChI is InChI=1S/C13H22N4O2S/c1-4-6-14-12-9-16-11(8-17-12)13(18)15-7-5-10(2)20(3)19/h8-10H,4-7H2,1-3H3,(H,14,17)(H,15,18). The van der Waals surface area contributed by atoms with Crippen molar-refractivity contribution in [2.75, 3.05) is 24.7 Å². The molecule has 0 aliphatic rings. The summed E-state index contributed by atoms with van der Waals surface area (Å²) in [4.78, 5) is 20.0. The van der Waals surface area contributed by atoms with E-state index in [0.29, 0.717) is 18.8 Å². The van der Waals surface area contributed by atoms with Crippen LogP contribution in [0.3, 0.4) is 0 Å². The molecule has 2 atom stereocenters. The first-order valence-corrected chi connectivity index (χ1v) is 8.33. The van der Waals surface area contributed by atoms with Crippen molar-refractivity contribution in [3.8, 4) is 0 Å². The van der Waals surface area contributed by atoms with Gasteiger partial charge in [0.2, 0.25) is 0 Å². The third-order valence-electron chi connectivity index (χ3n) is 2.84. The molecule has 1 rings (SSSR count). The molecule has 0 aliphatic carbocycles. The van der Waals surface area contributed by atoms with Crippen LogP contribution < -0.4 is 10.6 Å². The Morgan fingerprint density at radius 1 is 1.35 bits per heavy atom. The maximum absolute atomic E-state index is 11.8. The fourth-order valence-corrected chi connectivity index (χ4v) is 1.88. The fourth-order valence-electron chi connectivity index (χ4n) is 1.44. The van der Waals surface area contributed by atoms with Crippen LogP contribution in [0.15, 0.2) is 12.4 Å². The van der Waals surface area contributed by atoms with Gasteiger partial charge in [-0.25, -0.2) is 9.97 Å². The SMILES string of the molecule is CCCNc1cnc(C(=O)NCCC(C)S(C)=O)cn1. The number of hydrogen-bond acceptors (Lipinski definition) is 5. The largest absolute Gasteiger partial charge is 0.369 e. The number of hydrogen-bond donors (Lipinski definition) is 2. The summed E-state index contributed by atoms with van der Waals surface area (Å²) in [5.74, 6) is 0.409. The van der Waals surface area contributed by atoms with Crippen molar-refractivity contribution in [1.29, 1.82) is 0 Å². The average Bonchev–Trinajstić information content (AvgIpc) is 2.45. The lowest BCUT2D eigenvalue weighted by Gasteiger charge is -2.09. The zero-order valence-corrected chi connectivity index (χ0v) is 13.0. The Hall–Kier alpha value is -1.50. The molecule has 1 heterocycles. The maximum Gasteiger partial charge on any atom is 0.271 e. The number of rotatable bonds is 8. The quantitative estimate of drug-likeness (QED) is 0.753. The Morgan fingerprint density at radius 3 is 2.65 bits per heavy atom. The molecule has 20 heavy (non-hydrogen) atoms. The summed E-state index contributed by atoms with van der Waals surface area (Å²) in [6.07, 6.45) is 6.35. The molecule has 0 aromatic carbocycles. The van der Waals surface area contributed by atoms with E-state index in [-0.39, 0.29) is 16.9 Å². The van der Waals surface area contributed by atoms with Gasteiger partial charge in [0, 0.05) is 35.4 Å². The van der Waals surface area contributed by atoms with Crippen molar-refractivity contribution in [2.24, 2.45) is 0 Å². The minimum absolute atomic E-state index is 0.0713. The Bertz CT molecular complexity index is 450. The molecule has 2 unspecified atom stereocenters. The average molecular weight is 298 g/mol. The van der Waals surface area contributed by atoms with Gasteiger partial charge in [-0.2, -0.15) is 0 Å². The molecule has 0 bridgehead atoms. The van der Waals surface area contributed by atoms with E-state index in [0.717, 1.165) is 13.0 Å². The van der Waals surface area contributed by atoms with Crippen molar-refractivity contribution >= 4 is 22.5 Å². The lowest BCUT2D eigenvalue weighted by molar-refractivity contribution is 0.0948. The van der Waals surface area contributed by atoms with Gasteiger partial charge in [-0.3, -0.25) is 9.00 Å². The predicted molar refractivity (Wildman–Crippen MR) is 81.3 cm³/mol. The molecule has 1 amide bonds. The lowest BCUT2D eigenvalue weighted by atomic mass is 10.3. The first-order chi connectivity index (χ1) is 9.54. The van der Waals surface area contributed by atoms with Gasteiger partial charge in [0.05, 0.1) is 12.4 Å². The summed E-state index contributed by atoms with van der Waals surface area (Å²) >= 11 is 0. The monoisotopic (exact) mass is 298 g/mol. The number of carbonyl (C=O) groups is 1. The first-order valence-electron chi connectivity index (χ1n) is 6.71. The summed E-state index contributed by atoms with van der Waals surface area (Å²) in [5.41, 5.74) is 0.289. The molecule has 0 spiro atoms. The van der Waals surface area contributed by atoms with E-state index in [9.17, 15) is 9.00 Å². The zero-order chi connectivity index (χ0) is 15.0. The number of amides is 1. The molecular weight excluding hydrogens is 276 g/mol. The van der Waals surface area contributed by atoms with Crippen molar-refractivity contribution in [3.63, 3.8) is 0 Å². The number of carbonyl (C=O) groups excluding carboxylic acids is 1. The number of anilines is 1. The molecule has 0 saturated carbocycles. The van der Waals surface area contributed by atoms with Gasteiger partial charge in [0.15, 0.2) is 0 Å². The highest BCUT2D eigenvalue weighted by Crippen LogP contribution is 2.02. The Kier molecular flexibility index (Phi) is 7.14. The van der Waals surface area contributed by atoms with Crippen LogP contribution in [0.25, 0.3) is 0 Å². The summed E-state index contributed by atoms with van der Waals surface area (Å²) in [6, 6.07) is 0. The van der Waals surface area contributed by atoms with Gasteiger partial charge in [-0.05, 0) is 12.8 Å². The molecule has 0 saturated heterocycles. The summed E-state index contributed by atoms with van der Waals surface area (Å²) in [6.45, 7) is 5.27. The van der Waals surface area contributed by atoms with Crippen molar-refractivity contribution < 1.29 is 9.00 Å². The maximum atomic E-state index is 11.8. The summed E-state index contributed by atoms with van der Waals surface area (Å²) in [5, 5.41) is 5.91. The van der Waals surface area contributed by atoms with E-state index >= 15 is 0 Å². The van der Waals surface area contributed by atoms with Crippen LogP contribution in [0.1, 0.15) is 37.2 Å². The highest BCUT2D eigenvalue weighted by Gasteiger charge is 2.10. The third kappa shape index (κ3) is 5.64. The van der Waals surface area contributed by atoms with Gasteiger partial charge in [0.25, 0.3) is 5.91 Å². The summed E-state index contributed by atoms with van der Waals surface area (Å²) < 4.78 is 11.2. The van der Waals surface area contributed by atoms with Crippen molar-refractivity contribution in [1.82, 2.24) is 15.3 Å². The molecule has 1 aromatic heterocycles. The van der Waals surface area contributed by atoms with E-state index in [1.807, 2.05) is 6.92 Å². The molecule has 1 aromatic rings. The van der Waals surface area contributed by atoms with Gasteiger partial charge in [-0.15, -0.1) is 0 Å². The second-order valence-corrected chi connectivity index (χ2v) is 6.37. The molecule has 6 nitrogen and oxygen atoms in total. The highest BCUT2D eigenvalue weighted by atomic mass is 32.2. The van der Waals surface area contributed by atoms with E-state index in [4.69, 9.17) is 0 Å². The van der Waals surface area contributed by atoms with Crippen molar-refractivity contribution in [3.05, 3.63) is 18.1 Å². The smallest absolute Gasteiger partial charge is 0.271 e. The third-order valence-corrected chi connectivity index (χ3v) is 4.21. The van der Waals surface area contributed by atoms with E-state index in [2.05, 4.69) is 27.5 Å². The minimum atomic E-state index is -0.864. The van der Waals surface area contributed by atoms with Gasteiger partial charge < -0.3 is 10.6 Å². The summed E-state index contributed by atoms with van der Waals surface area (Å²) in [7, 11) is -0.864. The highest BCUT2D eigenvalue weighted by molar-refractivity contribution is 7.84. The Balaban J connectivity index is 2.41. The van der Waals surface area contributed by atoms with Crippen LogP contribution in [0.4, 0.5) is 5.82 Å². The number of aromatic nitrogens is 2. The zero-order valence-electron chi connectivity index (χ0n) is 12.2. The normalized spacial score (nSPS) is 13.6. The molecular formula is C13H22N4O2S. The van der Waals surface area contributed by atoms with E-state index in [1.165, 1.54) is 6.20 Å². The predicted octanol–water partition coefficient (Wildman–Crippen LogP) is 1.19. The van der Waals surface area contributed by atoms with E-state index < -0.39 is 10.8 Å². The Morgan fingerprint density at radius 2 is 2.10 bits per heavy atom. The Labute approximate surface area is 122 Å². The van der Waals surface area contributed by atoms with Crippen LogP contribution >= 0.6 is 0 Å². The fraction of sp³-hybridized carbons (Fsp3) is 0.615. The topological polar surface area (TPSA) is 84.0 Å². The van der Waals surface area contributed by atoms with Crippen LogP contribution in [0.5, 0.6) is 0 Å². The lowest BCUT2D eigenvalue weighted by Crippen LogP contribution is -2.28. The van der Waals surface area contributed by atoms with Crippen LogP contribution in [-0.4, -0.2) is 44.7 Å². The van der Waals surface area contributed by atoms with Crippen LogP contribution in [-0.2, 0) is 10.8 Å². The molecule has 7 heteroatoms. The molecule has 0 fully saturated rings. The van der Waals surface area contributed by atoms with Crippen LogP contribution in [0.2, 0.25) is 0 Å². The second kappa shape index (κ2) is 8.63. The number of nitrogens with zero attached hydrogens (tertiary/aromatic N) is 2. The second-order valence-electron chi connectivity index (χ2n) is 4.57. The minimum Gasteiger partial charge on any atom is -0.369 e. The van der Waals surface area contributed by atoms with Gasteiger partial charge in [-0.1, -0.05) is 13.8 Å².